The average molecular weight is 250 g/mol. The number of aryl methyl sites for hydroxylation is 2. The Labute approximate surface area is 108 Å². The third-order valence-corrected chi connectivity index (χ3v) is 4.10. The maximum Gasteiger partial charge on any atom is 0.307 e. The Bertz CT molecular complexity index is 419. The highest BCUT2D eigenvalue weighted by atomic mass is 16.4. The van der Waals surface area contributed by atoms with E-state index in [0.717, 1.165) is 30.7 Å². The van der Waals surface area contributed by atoms with Crippen molar-refractivity contribution < 1.29 is 9.90 Å². The zero-order chi connectivity index (χ0) is 13.1. The molecular weight excluding hydrogens is 228 g/mol. The van der Waals surface area contributed by atoms with Gasteiger partial charge in [-0.25, -0.2) is 0 Å². The van der Waals surface area contributed by atoms with Crippen LogP contribution in [-0.2, 0) is 24.7 Å². The number of carboxylic acids is 1. The van der Waals surface area contributed by atoms with Crippen LogP contribution in [0.4, 0.5) is 0 Å². The van der Waals surface area contributed by atoms with E-state index in [1.807, 2.05) is 17.8 Å². The lowest BCUT2D eigenvalue weighted by Gasteiger charge is -2.18. The molecule has 0 aromatic carbocycles. The lowest BCUT2D eigenvalue weighted by molar-refractivity contribution is -0.143. The van der Waals surface area contributed by atoms with Gasteiger partial charge in [-0.1, -0.05) is 19.8 Å². The van der Waals surface area contributed by atoms with Gasteiger partial charge in [0, 0.05) is 19.2 Å². The molecule has 1 aliphatic rings. The van der Waals surface area contributed by atoms with Crippen LogP contribution >= 0.6 is 0 Å². The second-order valence-corrected chi connectivity index (χ2v) is 5.30. The Hall–Kier alpha value is -1.32. The number of aromatic nitrogens is 2. The Morgan fingerprint density at radius 1 is 1.56 bits per heavy atom. The van der Waals surface area contributed by atoms with Crippen LogP contribution in [0.1, 0.15) is 44.0 Å². The van der Waals surface area contributed by atoms with Gasteiger partial charge in [-0.15, -0.1) is 0 Å². The molecule has 0 amide bonds. The summed E-state index contributed by atoms with van der Waals surface area (Å²) in [6.45, 7) is 2.07. The summed E-state index contributed by atoms with van der Waals surface area (Å²) < 4.78 is 1.84. The van der Waals surface area contributed by atoms with Crippen molar-refractivity contribution >= 4 is 5.97 Å². The van der Waals surface area contributed by atoms with Gasteiger partial charge in [0.15, 0.2) is 0 Å². The molecule has 4 nitrogen and oxygen atoms in total. The maximum absolute atomic E-state index is 11.4. The predicted octanol–water partition coefficient (Wildman–Crippen LogP) is 2.42. The van der Waals surface area contributed by atoms with E-state index < -0.39 is 5.97 Å². The van der Waals surface area contributed by atoms with E-state index >= 15 is 0 Å². The van der Waals surface area contributed by atoms with Gasteiger partial charge >= 0.3 is 5.97 Å². The summed E-state index contributed by atoms with van der Waals surface area (Å²) in [5, 5.41) is 13.8. The van der Waals surface area contributed by atoms with Crippen molar-refractivity contribution in [3.8, 4) is 0 Å². The van der Waals surface area contributed by atoms with Crippen molar-refractivity contribution in [1.29, 1.82) is 0 Å². The molecule has 4 heteroatoms. The molecule has 1 aromatic heterocycles. The first-order chi connectivity index (χ1) is 8.61. The second-order valence-electron chi connectivity index (χ2n) is 5.30. The van der Waals surface area contributed by atoms with Crippen LogP contribution in [0.3, 0.4) is 0 Å². The monoisotopic (exact) mass is 250 g/mol. The fourth-order valence-corrected chi connectivity index (χ4v) is 2.98. The maximum atomic E-state index is 11.4. The fraction of sp³-hybridized carbons (Fsp3) is 0.714. The lowest BCUT2D eigenvalue weighted by Crippen LogP contribution is -2.25. The zero-order valence-corrected chi connectivity index (χ0v) is 11.2. The minimum Gasteiger partial charge on any atom is -0.481 e. The van der Waals surface area contributed by atoms with Crippen LogP contribution in [0.2, 0.25) is 0 Å². The van der Waals surface area contributed by atoms with Crippen molar-refractivity contribution in [3.05, 3.63) is 17.5 Å². The molecule has 0 spiro atoms. The van der Waals surface area contributed by atoms with E-state index in [-0.39, 0.29) is 5.92 Å². The first-order valence-electron chi connectivity index (χ1n) is 6.86. The summed E-state index contributed by atoms with van der Waals surface area (Å²) in [6, 6.07) is 2.05. The summed E-state index contributed by atoms with van der Waals surface area (Å²) in [7, 11) is 1.90. The Morgan fingerprint density at radius 2 is 2.22 bits per heavy atom. The van der Waals surface area contributed by atoms with E-state index in [0.29, 0.717) is 12.3 Å². The second kappa shape index (κ2) is 5.55. The molecule has 1 aromatic rings. The average Bonchev–Trinajstić information content (AvgIpc) is 2.95. The largest absolute Gasteiger partial charge is 0.481 e. The van der Waals surface area contributed by atoms with Gasteiger partial charge in [-0.2, -0.15) is 5.10 Å². The van der Waals surface area contributed by atoms with Gasteiger partial charge < -0.3 is 5.11 Å². The van der Waals surface area contributed by atoms with Crippen LogP contribution in [0.25, 0.3) is 0 Å². The molecule has 1 saturated carbocycles. The van der Waals surface area contributed by atoms with Crippen LogP contribution in [0, 0.1) is 11.8 Å². The van der Waals surface area contributed by atoms with Gasteiger partial charge in [-0.3, -0.25) is 9.48 Å². The van der Waals surface area contributed by atoms with E-state index in [1.54, 1.807) is 0 Å². The molecule has 0 radical (unpaired) electrons. The Morgan fingerprint density at radius 3 is 2.72 bits per heavy atom. The number of hydrogen-bond acceptors (Lipinski definition) is 2. The highest BCUT2D eigenvalue weighted by molar-refractivity contribution is 5.70. The van der Waals surface area contributed by atoms with Crippen molar-refractivity contribution in [1.82, 2.24) is 9.78 Å². The summed E-state index contributed by atoms with van der Waals surface area (Å²) >= 11 is 0. The first-order valence-corrected chi connectivity index (χ1v) is 6.86. The van der Waals surface area contributed by atoms with Crippen LogP contribution in [-0.4, -0.2) is 20.9 Å². The predicted molar refractivity (Wildman–Crippen MR) is 69.4 cm³/mol. The molecule has 1 fully saturated rings. The quantitative estimate of drug-likeness (QED) is 0.873. The highest BCUT2D eigenvalue weighted by Crippen LogP contribution is 2.33. The summed E-state index contributed by atoms with van der Waals surface area (Å²) in [5.74, 6) is -0.545. The lowest BCUT2D eigenvalue weighted by atomic mass is 9.87. The molecule has 1 N–H and O–H groups in total. The number of carbonyl (C=O) groups is 1. The first kappa shape index (κ1) is 13.1. The standard InChI is InChI=1S/C14H22N2O2/c1-3-11-8-12(16(2)15-11)9-13(14(17)18)10-6-4-5-7-10/h8,10,13H,3-7,9H2,1-2H3,(H,17,18). The SMILES string of the molecule is CCc1cc(CC(C(=O)O)C2CCCC2)n(C)n1. The normalized spacial score (nSPS) is 18.1. The molecule has 1 atom stereocenters. The zero-order valence-electron chi connectivity index (χ0n) is 11.2. The van der Waals surface area contributed by atoms with E-state index in [9.17, 15) is 9.90 Å². The minimum absolute atomic E-state index is 0.243. The van der Waals surface area contributed by atoms with Gasteiger partial charge in [0.25, 0.3) is 0 Å². The van der Waals surface area contributed by atoms with Crippen LogP contribution in [0.5, 0.6) is 0 Å². The minimum atomic E-state index is -0.652. The third kappa shape index (κ3) is 2.74. The number of rotatable bonds is 5. The van der Waals surface area contributed by atoms with Gasteiger partial charge in [0.1, 0.15) is 0 Å². The summed E-state index contributed by atoms with van der Waals surface area (Å²) in [4.78, 5) is 11.4. The highest BCUT2D eigenvalue weighted by Gasteiger charge is 2.31. The van der Waals surface area contributed by atoms with Gasteiger partial charge in [-0.05, 0) is 31.2 Å². The molecule has 100 valence electrons. The third-order valence-electron chi connectivity index (χ3n) is 4.10. The molecule has 2 rings (SSSR count). The number of hydrogen-bond donors (Lipinski definition) is 1. The molecule has 18 heavy (non-hydrogen) atoms. The van der Waals surface area contributed by atoms with Gasteiger partial charge in [0.2, 0.25) is 0 Å². The molecule has 1 aliphatic carbocycles. The number of aliphatic carboxylic acids is 1. The van der Waals surface area contributed by atoms with Gasteiger partial charge in [0.05, 0.1) is 11.6 Å². The van der Waals surface area contributed by atoms with E-state index in [1.165, 1.54) is 12.8 Å². The van der Waals surface area contributed by atoms with E-state index in [4.69, 9.17) is 0 Å². The molecule has 0 aliphatic heterocycles. The smallest absolute Gasteiger partial charge is 0.307 e. The number of nitrogens with zero attached hydrogens (tertiary/aromatic N) is 2. The molecule has 0 bridgehead atoms. The molecule has 0 saturated heterocycles. The molecule has 1 heterocycles. The summed E-state index contributed by atoms with van der Waals surface area (Å²) in [6.07, 6.45) is 6.00. The molecule has 1 unspecified atom stereocenters. The molecular formula is C14H22N2O2. The fourth-order valence-electron chi connectivity index (χ4n) is 2.98. The van der Waals surface area contributed by atoms with Crippen LogP contribution < -0.4 is 0 Å². The topological polar surface area (TPSA) is 55.1 Å². The van der Waals surface area contributed by atoms with Crippen molar-refractivity contribution in [3.63, 3.8) is 0 Å². The van der Waals surface area contributed by atoms with Crippen molar-refractivity contribution in [2.45, 2.75) is 45.4 Å². The van der Waals surface area contributed by atoms with Crippen molar-refractivity contribution in [2.75, 3.05) is 0 Å². The number of carboxylic acid groups (broad SMARTS) is 1. The van der Waals surface area contributed by atoms with Crippen molar-refractivity contribution in [2.24, 2.45) is 18.9 Å². The summed E-state index contributed by atoms with van der Waals surface area (Å²) in [5.41, 5.74) is 2.09. The van der Waals surface area contributed by atoms with Crippen LogP contribution in [0.15, 0.2) is 6.07 Å². The Balaban J connectivity index is 2.12. The van der Waals surface area contributed by atoms with E-state index in [2.05, 4.69) is 12.0 Å². The Kier molecular flexibility index (Phi) is 4.04.